The number of hydrogen-bond acceptors (Lipinski definition) is 4. The van der Waals surface area contributed by atoms with Gasteiger partial charge in [-0.1, -0.05) is 176 Å². The highest BCUT2D eigenvalue weighted by atomic mass is 16.3. The molecule has 0 N–H and O–H groups in total. The lowest BCUT2D eigenvalue weighted by Crippen LogP contribution is -1.96. The average molecular weight is 767 g/mol. The van der Waals surface area contributed by atoms with Crippen LogP contribution < -0.4 is 0 Å². The Bertz CT molecular complexity index is 3580. The van der Waals surface area contributed by atoms with Gasteiger partial charge < -0.3 is 8.83 Å². The largest absolute Gasteiger partial charge is 0.455 e. The van der Waals surface area contributed by atoms with E-state index in [1.54, 1.807) is 0 Å². The van der Waals surface area contributed by atoms with Crippen molar-refractivity contribution in [1.82, 2.24) is 9.97 Å². The summed E-state index contributed by atoms with van der Waals surface area (Å²) in [5, 5.41) is 6.56. The van der Waals surface area contributed by atoms with Crippen molar-refractivity contribution in [2.75, 3.05) is 0 Å². The van der Waals surface area contributed by atoms with E-state index in [0.29, 0.717) is 5.82 Å². The smallest absolute Gasteiger partial charge is 0.160 e. The van der Waals surface area contributed by atoms with E-state index in [-0.39, 0.29) is 0 Å². The van der Waals surface area contributed by atoms with Gasteiger partial charge in [0.2, 0.25) is 0 Å². The highest BCUT2D eigenvalue weighted by molar-refractivity contribution is 6.23. The van der Waals surface area contributed by atoms with E-state index in [1.807, 2.05) is 36.4 Å². The van der Waals surface area contributed by atoms with E-state index in [4.69, 9.17) is 18.8 Å². The predicted octanol–water partition coefficient (Wildman–Crippen LogP) is 15.4. The highest BCUT2D eigenvalue weighted by Crippen LogP contribution is 2.45. The molecule has 0 aliphatic heterocycles. The monoisotopic (exact) mass is 766 g/mol. The number of benzene rings is 9. The molecule has 0 radical (unpaired) electrons. The fourth-order valence-electron chi connectivity index (χ4n) is 8.84. The summed E-state index contributed by atoms with van der Waals surface area (Å²) in [5.74, 6) is 0.690. The van der Waals surface area contributed by atoms with E-state index >= 15 is 0 Å². The molecule has 0 atom stereocenters. The van der Waals surface area contributed by atoms with Gasteiger partial charge in [0, 0.05) is 49.2 Å². The maximum Gasteiger partial charge on any atom is 0.160 e. The summed E-state index contributed by atoms with van der Waals surface area (Å²) in [6, 6.07) is 72.0. The first kappa shape index (κ1) is 34.0. The normalized spacial score (nSPS) is 11.7. The van der Waals surface area contributed by atoms with Gasteiger partial charge in [0.1, 0.15) is 22.3 Å². The summed E-state index contributed by atoms with van der Waals surface area (Å²) in [6.45, 7) is 0. The number of para-hydroxylation sites is 2. The molecule has 4 heteroatoms. The van der Waals surface area contributed by atoms with Gasteiger partial charge in [0.05, 0.1) is 11.4 Å². The first-order valence-electron chi connectivity index (χ1n) is 20.2. The molecule has 60 heavy (non-hydrogen) atoms. The number of hydrogen-bond donors (Lipinski definition) is 0. The minimum absolute atomic E-state index is 0.690. The van der Waals surface area contributed by atoms with Crippen LogP contribution in [0.4, 0.5) is 0 Å². The maximum absolute atomic E-state index is 6.75. The van der Waals surface area contributed by atoms with Gasteiger partial charge >= 0.3 is 0 Å². The molecule has 0 saturated heterocycles. The Kier molecular flexibility index (Phi) is 7.82. The van der Waals surface area contributed by atoms with Crippen LogP contribution in [0.1, 0.15) is 0 Å². The molecule has 0 aliphatic rings. The van der Waals surface area contributed by atoms with Crippen molar-refractivity contribution >= 4 is 54.6 Å². The summed E-state index contributed by atoms with van der Waals surface area (Å²) in [5.41, 5.74) is 14.9. The van der Waals surface area contributed by atoms with Gasteiger partial charge in [-0.05, 0) is 63.5 Å². The topological polar surface area (TPSA) is 52.1 Å². The van der Waals surface area contributed by atoms with Crippen LogP contribution in [0.5, 0.6) is 0 Å². The fraction of sp³-hybridized carbons (Fsp3) is 0. The standard InChI is InChI=1S/C56H34N2O2/c1-3-14-35(15-4-1)39-18-11-19-40(32-39)50-34-49(57-56(58-50)38-16-5-2-6-17-38)37-30-28-36(29-31-37)47-33-48-53-43(23-13-27-52(53)60-55(48)44-22-8-7-20-41(44)47)46-25-12-24-45-42-21-9-10-26-51(42)59-54(45)46/h1-34H. The summed E-state index contributed by atoms with van der Waals surface area (Å²) in [6.07, 6.45) is 0. The maximum atomic E-state index is 6.75. The summed E-state index contributed by atoms with van der Waals surface area (Å²) in [4.78, 5) is 10.3. The number of fused-ring (bicyclic) bond motifs is 8. The van der Waals surface area contributed by atoms with E-state index in [0.717, 1.165) is 111 Å². The minimum atomic E-state index is 0.690. The molecule has 0 unspecified atom stereocenters. The third-order valence-electron chi connectivity index (χ3n) is 11.7. The second-order valence-electron chi connectivity index (χ2n) is 15.3. The molecule has 0 spiro atoms. The van der Waals surface area contributed by atoms with Gasteiger partial charge in [-0.25, -0.2) is 9.97 Å². The summed E-state index contributed by atoms with van der Waals surface area (Å²) < 4.78 is 13.3. The molecule has 0 bridgehead atoms. The predicted molar refractivity (Wildman–Crippen MR) is 247 cm³/mol. The molecule has 12 rings (SSSR count). The molecule has 3 heterocycles. The molecule has 0 fully saturated rings. The lowest BCUT2D eigenvalue weighted by Gasteiger charge is -2.12. The number of furan rings is 2. The molecule has 0 saturated carbocycles. The molecule has 12 aromatic rings. The molecule has 4 nitrogen and oxygen atoms in total. The second-order valence-corrected chi connectivity index (χ2v) is 15.3. The second kappa shape index (κ2) is 13.8. The first-order valence-corrected chi connectivity index (χ1v) is 20.2. The Morgan fingerprint density at radius 2 is 0.833 bits per heavy atom. The Hall–Kier alpha value is -8.08. The van der Waals surface area contributed by atoms with Crippen LogP contribution >= 0.6 is 0 Å². The molecular weight excluding hydrogens is 733 g/mol. The Morgan fingerprint density at radius 1 is 0.283 bits per heavy atom. The van der Waals surface area contributed by atoms with Crippen molar-refractivity contribution in [2.45, 2.75) is 0 Å². The molecule has 280 valence electrons. The lowest BCUT2D eigenvalue weighted by molar-refractivity contribution is 0.670. The number of nitrogens with zero attached hydrogens (tertiary/aromatic N) is 2. The molecule has 3 aromatic heterocycles. The van der Waals surface area contributed by atoms with Crippen LogP contribution in [-0.4, -0.2) is 9.97 Å². The van der Waals surface area contributed by atoms with Crippen molar-refractivity contribution in [3.8, 4) is 67.3 Å². The first-order chi connectivity index (χ1) is 29.7. The van der Waals surface area contributed by atoms with Crippen molar-refractivity contribution in [3.63, 3.8) is 0 Å². The van der Waals surface area contributed by atoms with Crippen LogP contribution in [0.15, 0.2) is 215 Å². The summed E-state index contributed by atoms with van der Waals surface area (Å²) in [7, 11) is 0. The van der Waals surface area contributed by atoms with Crippen molar-refractivity contribution < 1.29 is 8.83 Å². The highest BCUT2D eigenvalue weighted by Gasteiger charge is 2.21. The van der Waals surface area contributed by atoms with Crippen LogP contribution in [0.25, 0.3) is 122 Å². The van der Waals surface area contributed by atoms with Gasteiger partial charge in [0.25, 0.3) is 0 Å². The van der Waals surface area contributed by atoms with Crippen LogP contribution in [0.2, 0.25) is 0 Å². The fourth-order valence-corrected chi connectivity index (χ4v) is 8.84. The van der Waals surface area contributed by atoms with E-state index in [9.17, 15) is 0 Å². The molecular formula is C56H34N2O2. The number of rotatable bonds is 6. The van der Waals surface area contributed by atoms with Crippen molar-refractivity contribution in [2.24, 2.45) is 0 Å². The van der Waals surface area contributed by atoms with Crippen molar-refractivity contribution in [3.05, 3.63) is 206 Å². The zero-order valence-corrected chi connectivity index (χ0v) is 32.3. The summed E-state index contributed by atoms with van der Waals surface area (Å²) >= 11 is 0. The Balaban J connectivity index is 1.00. The zero-order valence-electron chi connectivity index (χ0n) is 32.3. The third-order valence-corrected chi connectivity index (χ3v) is 11.7. The van der Waals surface area contributed by atoms with Gasteiger partial charge in [0.15, 0.2) is 5.82 Å². The SMILES string of the molecule is c1ccc(-c2cccc(-c3cc(-c4ccc(-c5cc6c(oc7cccc(-c8cccc9c8oc8ccccc89)c76)c6ccccc56)cc4)nc(-c4ccccc4)n3)c2)cc1. The van der Waals surface area contributed by atoms with E-state index < -0.39 is 0 Å². The van der Waals surface area contributed by atoms with Gasteiger partial charge in [-0.15, -0.1) is 0 Å². The Labute approximate surface area is 345 Å². The quantitative estimate of drug-likeness (QED) is 0.169. The zero-order chi connectivity index (χ0) is 39.6. The van der Waals surface area contributed by atoms with Crippen molar-refractivity contribution in [1.29, 1.82) is 0 Å². The number of aromatic nitrogens is 2. The van der Waals surface area contributed by atoms with Gasteiger partial charge in [-0.2, -0.15) is 0 Å². The van der Waals surface area contributed by atoms with E-state index in [1.165, 1.54) is 5.56 Å². The lowest BCUT2D eigenvalue weighted by atomic mass is 9.92. The Morgan fingerprint density at radius 3 is 1.65 bits per heavy atom. The molecule has 0 amide bonds. The third kappa shape index (κ3) is 5.61. The van der Waals surface area contributed by atoms with E-state index in [2.05, 4.69) is 170 Å². The van der Waals surface area contributed by atoms with Crippen LogP contribution in [0.3, 0.4) is 0 Å². The van der Waals surface area contributed by atoms with Crippen LogP contribution in [-0.2, 0) is 0 Å². The average Bonchev–Trinajstić information content (AvgIpc) is 3.91. The van der Waals surface area contributed by atoms with Gasteiger partial charge in [-0.3, -0.25) is 0 Å². The minimum Gasteiger partial charge on any atom is -0.455 e. The van der Waals surface area contributed by atoms with Crippen LogP contribution in [0, 0.1) is 0 Å². The molecule has 0 aliphatic carbocycles. The molecule has 9 aromatic carbocycles.